The van der Waals surface area contributed by atoms with Crippen molar-refractivity contribution in [2.75, 3.05) is 5.75 Å². The first-order valence-corrected chi connectivity index (χ1v) is 11.0. The molecule has 0 radical (unpaired) electrons. The zero-order valence-electron chi connectivity index (χ0n) is 14.9. The lowest BCUT2D eigenvalue weighted by atomic mass is 9.75. The summed E-state index contributed by atoms with van der Waals surface area (Å²) in [5, 5.41) is 0. The maximum atomic E-state index is 12.7. The van der Waals surface area contributed by atoms with Crippen molar-refractivity contribution in [2.24, 2.45) is 11.8 Å². The molecular formula is C20H28O2S2. The second-order valence-electron chi connectivity index (χ2n) is 7.70. The maximum Gasteiger partial charge on any atom is 0.181 e. The Balaban J connectivity index is 1.55. The second-order valence-corrected chi connectivity index (χ2v) is 10.4. The summed E-state index contributed by atoms with van der Waals surface area (Å²) in [4.78, 5) is 12.7. The van der Waals surface area contributed by atoms with Gasteiger partial charge in [0.05, 0.1) is 11.9 Å². The van der Waals surface area contributed by atoms with E-state index >= 15 is 0 Å². The van der Waals surface area contributed by atoms with Crippen molar-refractivity contribution in [3.8, 4) is 0 Å². The van der Waals surface area contributed by atoms with Gasteiger partial charge in [0, 0.05) is 10.5 Å². The van der Waals surface area contributed by atoms with Crippen molar-refractivity contribution in [1.29, 1.82) is 0 Å². The first-order chi connectivity index (χ1) is 11.5. The van der Waals surface area contributed by atoms with Crippen LogP contribution in [-0.4, -0.2) is 27.8 Å². The van der Waals surface area contributed by atoms with Crippen molar-refractivity contribution in [3.63, 3.8) is 0 Å². The Morgan fingerprint density at radius 3 is 2.79 bits per heavy atom. The molecule has 0 amide bonds. The van der Waals surface area contributed by atoms with E-state index in [0.29, 0.717) is 17.6 Å². The van der Waals surface area contributed by atoms with Crippen LogP contribution in [0.2, 0.25) is 0 Å². The zero-order chi connectivity index (χ0) is 17.2. The van der Waals surface area contributed by atoms with E-state index in [2.05, 4.69) is 32.9 Å². The van der Waals surface area contributed by atoms with Crippen LogP contribution in [0.25, 0.3) is 0 Å². The van der Waals surface area contributed by atoms with Gasteiger partial charge in [-0.05, 0) is 30.2 Å². The van der Waals surface area contributed by atoms with E-state index in [9.17, 15) is 4.79 Å². The molecule has 2 nitrogen and oxygen atoms in total. The SMILES string of the molecule is C[C@@H]1CC[C@@H]2[C@@H](C1)O[C@@H](C(=O)CSCc1ccccc1)SC2(C)C. The van der Waals surface area contributed by atoms with E-state index in [-0.39, 0.29) is 22.1 Å². The second kappa shape index (κ2) is 7.84. The molecule has 0 unspecified atom stereocenters. The Hall–Kier alpha value is -0.450. The van der Waals surface area contributed by atoms with Crippen LogP contribution >= 0.6 is 23.5 Å². The predicted molar refractivity (Wildman–Crippen MR) is 104 cm³/mol. The largest absolute Gasteiger partial charge is 0.356 e. The molecule has 0 N–H and O–H groups in total. The quantitative estimate of drug-likeness (QED) is 0.721. The average molecular weight is 365 g/mol. The molecule has 1 aromatic rings. The normalized spacial score (nSPS) is 32.1. The molecule has 1 aliphatic heterocycles. The number of benzene rings is 1. The van der Waals surface area contributed by atoms with Crippen molar-refractivity contribution in [1.82, 2.24) is 0 Å². The third-order valence-corrected chi connectivity index (χ3v) is 7.80. The molecule has 0 bridgehead atoms. The Morgan fingerprint density at radius 1 is 1.29 bits per heavy atom. The van der Waals surface area contributed by atoms with Crippen LogP contribution in [0.15, 0.2) is 30.3 Å². The standard InChI is InChI=1S/C20H28O2S2/c1-14-9-10-16-18(11-14)22-19(24-20(16,2)3)17(21)13-23-12-15-7-5-4-6-8-15/h4-8,14,16,18-19H,9-13H2,1-3H3/t14-,16-,18-,19-/m1/s1. The molecule has 132 valence electrons. The van der Waals surface area contributed by atoms with Crippen molar-refractivity contribution < 1.29 is 9.53 Å². The molecule has 2 fully saturated rings. The van der Waals surface area contributed by atoms with E-state index in [1.165, 1.54) is 18.4 Å². The fraction of sp³-hybridized carbons (Fsp3) is 0.650. The minimum Gasteiger partial charge on any atom is -0.356 e. The van der Waals surface area contributed by atoms with Gasteiger partial charge in [-0.25, -0.2) is 0 Å². The van der Waals surface area contributed by atoms with Crippen LogP contribution in [-0.2, 0) is 15.3 Å². The summed E-state index contributed by atoms with van der Waals surface area (Å²) in [6.45, 7) is 6.90. The minimum atomic E-state index is -0.283. The summed E-state index contributed by atoms with van der Waals surface area (Å²) < 4.78 is 6.39. The molecule has 1 saturated carbocycles. The Morgan fingerprint density at radius 2 is 2.04 bits per heavy atom. The van der Waals surface area contributed by atoms with E-state index < -0.39 is 0 Å². The van der Waals surface area contributed by atoms with Crippen molar-refractivity contribution in [3.05, 3.63) is 35.9 Å². The van der Waals surface area contributed by atoms with Gasteiger partial charge in [0.1, 0.15) is 0 Å². The minimum absolute atomic E-state index is 0.132. The predicted octanol–water partition coefficient (Wildman–Crippen LogP) is 5.16. The number of carbonyl (C=O) groups excluding carboxylic acids is 1. The lowest BCUT2D eigenvalue weighted by Crippen LogP contribution is -2.50. The van der Waals surface area contributed by atoms with Gasteiger partial charge in [-0.2, -0.15) is 0 Å². The highest BCUT2D eigenvalue weighted by atomic mass is 32.2. The summed E-state index contributed by atoms with van der Waals surface area (Å²) in [5.74, 6) is 2.96. The molecule has 1 saturated heterocycles. The molecule has 4 heteroatoms. The molecule has 1 aliphatic carbocycles. The van der Waals surface area contributed by atoms with Gasteiger partial charge in [-0.3, -0.25) is 4.79 Å². The summed E-state index contributed by atoms with van der Waals surface area (Å²) in [6.07, 6.45) is 3.89. The van der Waals surface area contributed by atoms with E-state index in [1.807, 2.05) is 18.2 Å². The number of hydrogen-bond donors (Lipinski definition) is 0. The summed E-state index contributed by atoms with van der Waals surface area (Å²) >= 11 is 3.44. The van der Waals surface area contributed by atoms with Crippen molar-refractivity contribution >= 4 is 29.3 Å². The number of thioether (sulfide) groups is 2. The van der Waals surface area contributed by atoms with E-state index in [0.717, 1.165) is 12.2 Å². The Bertz CT molecular complexity index is 558. The highest BCUT2D eigenvalue weighted by Gasteiger charge is 2.47. The molecule has 1 aromatic carbocycles. The van der Waals surface area contributed by atoms with Gasteiger partial charge in [0.25, 0.3) is 0 Å². The molecule has 3 rings (SSSR count). The van der Waals surface area contributed by atoms with Gasteiger partial charge in [-0.1, -0.05) is 57.5 Å². The number of Topliss-reactive ketones (excluding diaryl/α,β-unsaturated/α-hetero) is 1. The van der Waals surface area contributed by atoms with Gasteiger partial charge in [0.2, 0.25) is 0 Å². The van der Waals surface area contributed by atoms with Crippen LogP contribution in [0, 0.1) is 11.8 Å². The van der Waals surface area contributed by atoms with Gasteiger partial charge >= 0.3 is 0 Å². The molecule has 1 heterocycles. The van der Waals surface area contributed by atoms with E-state index in [1.54, 1.807) is 23.5 Å². The van der Waals surface area contributed by atoms with Gasteiger partial charge in [-0.15, -0.1) is 23.5 Å². The highest BCUT2D eigenvalue weighted by molar-refractivity contribution is 8.02. The molecule has 4 atom stereocenters. The number of rotatable bonds is 5. The summed E-state index contributed by atoms with van der Waals surface area (Å²) in [5.41, 5.74) is 0.990. The molecule has 0 spiro atoms. The lowest BCUT2D eigenvalue weighted by Gasteiger charge is -2.49. The fourth-order valence-electron chi connectivity index (χ4n) is 3.88. The first kappa shape index (κ1) is 18.3. The summed E-state index contributed by atoms with van der Waals surface area (Å²) in [6, 6.07) is 10.3. The smallest absolute Gasteiger partial charge is 0.181 e. The third-order valence-electron chi connectivity index (χ3n) is 5.27. The molecule has 24 heavy (non-hydrogen) atoms. The number of ketones is 1. The van der Waals surface area contributed by atoms with Crippen LogP contribution in [0.4, 0.5) is 0 Å². The fourth-order valence-corrected chi connectivity index (χ4v) is 6.27. The zero-order valence-corrected chi connectivity index (χ0v) is 16.5. The average Bonchev–Trinajstić information content (AvgIpc) is 2.54. The maximum absolute atomic E-state index is 12.7. The highest BCUT2D eigenvalue weighted by Crippen LogP contribution is 2.50. The Kier molecular flexibility index (Phi) is 5.99. The molecule has 0 aromatic heterocycles. The van der Waals surface area contributed by atoms with Gasteiger partial charge in [0.15, 0.2) is 11.2 Å². The monoisotopic (exact) mass is 364 g/mol. The number of carbonyl (C=O) groups is 1. The third kappa shape index (κ3) is 4.39. The number of fused-ring (bicyclic) bond motifs is 1. The van der Waals surface area contributed by atoms with Crippen LogP contribution in [0.5, 0.6) is 0 Å². The van der Waals surface area contributed by atoms with Crippen molar-refractivity contribution in [2.45, 2.75) is 62.1 Å². The van der Waals surface area contributed by atoms with Crippen LogP contribution in [0.1, 0.15) is 45.6 Å². The number of ether oxygens (including phenoxy) is 1. The number of hydrogen-bond acceptors (Lipinski definition) is 4. The molecular weight excluding hydrogens is 336 g/mol. The summed E-state index contributed by atoms with van der Waals surface area (Å²) in [7, 11) is 0. The van der Waals surface area contributed by atoms with Gasteiger partial charge < -0.3 is 4.74 Å². The van der Waals surface area contributed by atoms with E-state index in [4.69, 9.17) is 4.74 Å². The lowest BCUT2D eigenvalue weighted by molar-refractivity contribution is -0.131. The first-order valence-electron chi connectivity index (χ1n) is 8.93. The van der Waals surface area contributed by atoms with Crippen LogP contribution in [0.3, 0.4) is 0 Å². The topological polar surface area (TPSA) is 26.3 Å². The molecule has 2 aliphatic rings. The Labute approximate surface area is 154 Å². The van der Waals surface area contributed by atoms with Crippen LogP contribution < -0.4 is 0 Å².